The van der Waals surface area contributed by atoms with E-state index >= 15 is 0 Å². The molecule has 90 valence electrons. The lowest BCUT2D eigenvalue weighted by atomic mass is 10.2. The topological polar surface area (TPSA) is 56.1 Å². The molecule has 1 rings (SSSR count). The number of esters is 1. The molecule has 16 heavy (non-hydrogen) atoms. The lowest BCUT2D eigenvalue weighted by Crippen LogP contribution is -2.35. The molecule has 0 aliphatic rings. The van der Waals surface area contributed by atoms with E-state index in [0.29, 0.717) is 0 Å². The molecule has 0 amide bonds. The zero-order chi connectivity index (χ0) is 11.8. The Labute approximate surface area is 95.8 Å². The van der Waals surface area contributed by atoms with Crippen molar-refractivity contribution in [2.24, 2.45) is 0 Å². The molecule has 0 saturated carbocycles. The second-order valence-corrected chi connectivity index (χ2v) is 3.71. The molecule has 0 fully saturated rings. The molecule has 1 aromatic heterocycles. The van der Waals surface area contributed by atoms with Crippen LogP contribution in [0, 0.1) is 0 Å². The first-order valence-corrected chi connectivity index (χ1v) is 5.51. The molecule has 5 nitrogen and oxygen atoms in total. The van der Waals surface area contributed by atoms with Crippen LogP contribution in [0.3, 0.4) is 0 Å². The third kappa shape index (κ3) is 4.44. The third-order valence-electron chi connectivity index (χ3n) is 2.41. The molecule has 0 aromatic carbocycles. The zero-order valence-electron chi connectivity index (χ0n) is 9.85. The monoisotopic (exact) mass is 225 g/mol. The maximum atomic E-state index is 11.1. The van der Waals surface area contributed by atoms with Crippen molar-refractivity contribution in [1.29, 1.82) is 0 Å². The second-order valence-electron chi connectivity index (χ2n) is 3.71. The summed E-state index contributed by atoms with van der Waals surface area (Å²) in [5.41, 5.74) is 0. The van der Waals surface area contributed by atoms with Gasteiger partial charge in [-0.2, -0.15) is 0 Å². The molecule has 0 aliphatic heterocycles. The van der Waals surface area contributed by atoms with Crippen molar-refractivity contribution in [2.75, 3.05) is 13.7 Å². The first kappa shape index (κ1) is 12.7. The number of unbranched alkanes of at least 4 members (excludes halogenated alkanes) is 1. The summed E-state index contributed by atoms with van der Waals surface area (Å²) >= 11 is 0. The number of hydrogen-bond donors (Lipinski definition) is 1. The highest BCUT2D eigenvalue weighted by molar-refractivity contribution is 5.74. The van der Waals surface area contributed by atoms with Crippen LogP contribution in [-0.2, 0) is 16.1 Å². The summed E-state index contributed by atoms with van der Waals surface area (Å²) in [5, 5.41) is 3.11. The number of aromatic nitrogens is 2. The number of rotatable bonds is 7. The largest absolute Gasteiger partial charge is 0.468 e. The number of carbonyl (C=O) groups is 1. The van der Waals surface area contributed by atoms with Gasteiger partial charge in [0.2, 0.25) is 0 Å². The predicted molar refractivity (Wildman–Crippen MR) is 60.9 cm³/mol. The van der Waals surface area contributed by atoms with Crippen molar-refractivity contribution in [2.45, 2.75) is 32.4 Å². The summed E-state index contributed by atoms with van der Waals surface area (Å²) in [5.74, 6) is -0.213. The van der Waals surface area contributed by atoms with E-state index in [0.717, 1.165) is 25.9 Å². The molecule has 0 bridgehead atoms. The van der Waals surface area contributed by atoms with Crippen molar-refractivity contribution in [3.05, 3.63) is 18.7 Å². The van der Waals surface area contributed by atoms with Gasteiger partial charge in [0, 0.05) is 18.9 Å². The van der Waals surface area contributed by atoms with Crippen LogP contribution in [0.2, 0.25) is 0 Å². The van der Waals surface area contributed by atoms with Gasteiger partial charge >= 0.3 is 5.97 Å². The molecular weight excluding hydrogens is 206 g/mol. The van der Waals surface area contributed by atoms with Crippen LogP contribution in [0.15, 0.2) is 18.7 Å². The Morgan fingerprint density at radius 3 is 3.00 bits per heavy atom. The number of nitrogens with zero attached hydrogens (tertiary/aromatic N) is 2. The van der Waals surface area contributed by atoms with E-state index in [1.54, 1.807) is 6.20 Å². The van der Waals surface area contributed by atoms with Crippen LogP contribution < -0.4 is 5.32 Å². The quantitative estimate of drug-likeness (QED) is 0.551. The van der Waals surface area contributed by atoms with Gasteiger partial charge in [0.25, 0.3) is 0 Å². The molecule has 0 aliphatic carbocycles. The Kier molecular flexibility index (Phi) is 5.56. The lowest BCUT2D eigenvalue weighted by molar-refractivity contribution is -0.142. The molecule has 1 aromatic rings. The standard InChI is InChI=1S/C11H19N3O2/c1-10(11(15)16-2)13-5-3-4-7-14-8-6-12-9-14/h6,8-10,13H,3-5,7H2,1-2H3. The normalized spacial score (nSPS) is 12.4. The van der Waals surface area contributed by atoms with Crippen LogP contribution in [0.25, 0.3) is 0 Å². The van der Waals surface area contributed by atoms with E-state index in [-0.39, 0.29) is 12.0 Å². The minimum Gasteiger partial charge on any atom is -0.468 e. The number of carbonyl (C=O) groups excluding carboxylic acids is 1. The molecule has 1 unspecified atom stereocenters. The van der Waals surface area contributed by atoms with Crippen LogP contribution in [-0.4, -0.2) is 35.2 Å². The highest BCUT2D eigenvalue weighted by Crippen LogP contribution is 1.95. The molecule has 1 atom stereocenters. The highest BCUT2D eigenvalue weighted by Gasteiger charge is 2.10. The fourth-order valence-corrected chi connectivity index (χ4v) is 1.42. The predicted octanol–water partition coefficient (Wildman–Crippen LogP) is 0.814. The van der Waals surface area contributed by atoms with Crippen molar-refractivity contribution < 1.29 is 9.53 Å². The van der Waals surface area contributed by atoms with E-state index < -0.39 is 0 Å². The molecule has 0 radical (unpaired) electrons. The van der Waals surface area contributed by atoms with E-state index in [1.165, 1.54) is 7.11 Å². The Balaban J connectivity index is 2.02. The van der Waals surface area contributed by atoms with Gasteiger partial charge in [0.1, 0.15) is 6.04 Å². The van der Waals surface area contributed by atoms with Gasteiger partial charge in [-0.25, -0.2) is 4.98 Å². The molecule has 0 saturated heterocycles. The van der Waals surface area contributed by atoms with Gasteiger partial charge in [-0.1, -0.05) is 0 Å². The lowest BCUT2D eigenvalue weighted by Gasteiger charge is -2.11. The van der Waals surface area contributed by atoms with Crippen molar-refractivity contribution >= 4 is 5.97 Å². The fourth-order valence-electron chi connectivity index (χ4n) is 1.42. The maximum absolute atomic E-state index is 11.1. The molecular formula is C11H19N3O2. The summed E-state index contributed by atoms with van der Waals surface area (Å²) < 4.78 is 6.66. The third-order valence-corrected chi connectivity index (χ3v) is 2.41. The fraction of sp³-hybridized carbons (Fsp3) is 0.636. The van der Waals surface area contributed by atoms with Crippen molar-refractivity contribution in [3.63, 3.8) is 0 Å². The summed E-state index contributed by atoms with van der Waals surface area (Å²) in [7, 11) is 1.40. The van der Waals surface area contributed by atoms with Crippen LogP contribution in [0.5, 0.6) is 0 Å². The van der Waals surface area contributed by atoms with Crippen LogP contribution in [0.4, 0.5) is 0 Å². The molecule has 5 heteroatoms. The Hall–Kier alpha value is -1.36. The summed E-state index contributed by atoms with van der Waals surface area (Å²) in [6.07, 6.45) is 7.63. The van der Waals surface area contributed by atoms with Gasteiger partial charge < -0.3 is 14.6 Å². The van der Waals surface area contributed by atoms with Crippen molar-refractivity contribution in [3.8, 4) is 0 Å². The van der Waals surface area contributed by atoms with Gasteiger partial charge in [-0.05, 0) is 26.3 Å². The summed E-state index contributed by atoms with van der Waals surface area (Å²) in [6, 6.07) is -0.224. The van der Waals surface area contributed by atoms with Gasteiger partial charge in [0.15, 0.2) is 0 Å². The van der Waals surface area contributed by atoms with Crippen LogP contribution >= 0.6 is 0 Å². The zero-order valence-corrected chi connectivity index (χ0v) is 9.85. The number of imidazole rings is 1. The number of aryl methyl sites for hydroxylation is 1. The molecule has 0 spiro atoms. The Bertz CT molecular complexity index is 298. The smallest absolute Gasteiger partial charge is 0.322 e. The average Bonchev–Trinajstić information content (AvgIpc) is 2.80. The van der Waals surface area contributed by atoms with Gasteiger partial charge in [0.05, 0.1) is 13.4 Å². The number of hydrogen-bond acceptors (Lipinski definition) is 4. The second kappa shape index (κ2) is 7.00. The number of nitrogens with one attached hydrogen (secondary N) is 1. The van der Waals surface area contributed by atoms with Crippen LogP contribution in [0.1, 0.15) is 19.8 Å². The SMILES string of the molecule is COC(=O)C(C)NCCCCn1ccnc1. The Morgan fingerprint density at radius 1 is 1.56 bits per heavy atom. The average molecular weight is 225 g/mol. The van der Waals surface area contributed by atoms with Gasteiger partial charge in [-0.15, -0.1) is 0 Å². The molecule has 1 N–H and O–H groups in total. The Morgan fingerprint density at radius 2 is 2.38 bits per heavy atom. The van der Waals surface area contributed by atoms with E-state index in [1.807, 2.05) is 24.0 Å². The van der Waals surface area contributed by atoms with E-state index in [2.05, 4.69) is 15.0 Å². The number of methoxy groups -OCH3 is 1. The van der Waals surface area contributed by atoms with E-state index in [9.17, 15) is 4.79 Å². The van der Waals surface area contributed by atoms with E-state index in [4.69, 9.17) is 0 Å². The summed E-state index contributed by atoms with van der Waals surface area (Å²) in [4.78, 5) is 15.0. The highest BCUT2D eigenvalue weighted by atomic mass is 16.5. The van der Waals surface area contributed by atoms with Gasteiger partial charge in [-0.3, -0.25) is 4.79 Å². The minimum absolute atomic E-state index is 0.213. The van der Waals surface area contributed by atoms with Crippen molar-refractivity contribution in [1.82, 2.24) is 14.9 Å². The minimum atomic E-state index is -0.224. The summed E-state index contributed by atoms with van der Waals surface area (Å²) in [6.45, 7) is 3.60. The molecule has 1 heterocycles. The number of ether oxygens (including phenoxy) is 1. The first-order chi connectivity index (χ1) is 7.74. The maximum Gasteiger partial charge on any atom is 0.322 e. The first-order valence-electron chi connectivity index (χ1n) is 5.51.